The molecule has 9 heteroatoms. The number of rotatable bonds is 5. The van der Waals surface area contributed by atoms with E-state index in [4.69, 9.17) is 20.8 Å². The summed E-state index contributed by atoms with van der Waals surface area (Å²) < 4.78 is 29.0. The Labute approximate surface area is 80.4 Å². The smallest absolute Gasteiger partial charge is 0.405 e. The molecular formula is C5H11N3O5S. The highest BCUT2D eigenvalue weighted by atomic mass is 32.2. The second-order valence-corrected chi connectivity index (χ2v) is 4.10. The molecular weight excluding hydrogens is 214 g/mol. The van der Waals surface area contributed by atoms with Crippen LogP contribution in [0.3, 0.4) is 0 Å². The van der Waals surface area contributed by atoms with E-state index in [9.17, 15) is 13.2 Å². The minimum atomic E-state index is -4.17. The molecule has 0 aliphatic heterocycles. The second-order valence-electron chi connectivity index (χ2n) is 2.53. The molecule has 8 nitrogen and oxygen atoms in total. The molecule has 6 N–H and O–H groups in total. The predicted octanol–water partition coefficient (Wildman–Crippen LogP) is -1.16. The van der Waals surface area contributed by atoms with E-state index >= 15 is 0 Å². The lowest BCUT2D eigenvalue weighted by Gasteiger charge is -2.13. The highest BCUT2D eigenvalue weighted by molar-refractivity contribution is 7.85. The van der Waals surface area contributed by atoms with Crippen molar-refractivity contribution in [1.29, 1.82) is 5.41 Å². The average molecular weight is 225 g/mol. The van der Waals surface area contributed by atoms with Crippen LogP contribution in [0.4, 0.5) is 4.79 Å². The number of carbonyl (C=O) groups is 1. The van der Waals surface area contributed by atoms with Gasteiger partial charge in [0.1, 0.15) is 5.84 Å². The Hall–Kier alpha value is -1.35. The van der Waals surface area contributed by atoms with Gasteiger partial charge in [0.2, 0.25) is 0 Å². The normalized spacial score (nSPS) is 13.2. The van der Waals surface area contributed by atoms with Crippen LogP contribution in [0.5, 0.6) is 0 Å². The zero-order valence-electron chi connectivity index (χ0n) is 7.10. The maximum atomic E-state index is 10.3. The first-order valence-electron chi connectivity index (χ1n) is 3.51. The third kappa shape index (κ3) is 6.20. The van der Waals surface area contributed by atoms with Crippen LogP contribution >= 0.6 is 0 Å². The molecule has 1 unspecified atom stereocenters. The topological polar surface area (TPSA) is 154 Å². The number of carboxylic acid groups (broad SMARTS) is 1. The van der Waals surface area contributed by atoms with Gasteiger partial charge in [0.05, 0.1) is 11.8 Å². The summed E-state index contributed by atoms with van der Waals surface area (Å²) in [7, 11) is -4.17. The summed E-state index contributed by atoms with van der Waals surface area (Å²) in [5.41, 5.74) is 5.00. The van der Waals surface area contributed by atoms with Crippen LogP contribution < -0.4 is 11.1 Å². The number of hydrogen-bond donors (Lipinski definition) is 5. The first-order chi connectivity index (χ1) is 6.22. The van der Waals surface area contributed by atoms with E-state index in [1.54, 1.807) is 0 Å². The van der Waals surface area contributed by atoms with E-state index in [0.717, 1.165) is 0 Å². The highest BCUT2D eigenvalue weighted by Gasteiger charge is 2.17. The summed E-state index contributed by atoms with van der Waals surface area (Å²) in [6, 6.07) is -1.10. The molecule has 1 amide bonds. The van der Waals surface area contributed by atoms with Gasteiger partial charge in [-0.15, -0.1) is 0 Å². The molecule has 0 fully saturated rings. The van der Waals surface area contributed by atoms with Gasteiger partial charge in [-0.1, -0.05) is 0 Å². The fourth-order valence-corrected chi connectivity index (χ4v) is 1.25. The van der Waals surface area contributed by atoms with Gasteiger partial charge in [0, 0.05) is 0 Å². The molecule has 0 saturated heterocycles. The quantitative estimate of drug-likeness (QED) is 0.226. The highest BCUT2D eigenvalue weighted by Crippen LogP contribution is 1.95. The molecule has 82 valence electrons. The van der Waals surface area contributed by atoms with Crippen molar-refractivity contribution in [2.24, 2.45) is 5.73 Å². The summed E-state index contributed by atoms with van der Waals surface area (Å²) in [6.45, 7) is 0. The molecule has 0 saturated carbocycles. The number of nitrogens with one attached hydrogen (secondary N) is 2. The van der Waals surface area contributed by atoms with Crippen molar-refractivity contribution in [1.82, 2.24) is 5.32 Å². The van der Waals surface area contributed by atoms with Gasteiger partial charge in [0.15, 0.2) is 0 Å². The van der Waals surface area contributed by atoms with E-state index in [-0.39, 0.29) is 6.42 Å². The number of amidine groups is 1. The zero-order chi connectivity index (χ0) is 11.4. The number of amides is 1. The lowest BCUT2D eigenvalue weighted by Crippen LogP contribution is -2.44. The molecule has 0 radical (unpaired) electrons. The molecule has 0 spiro atoms. The van der Waals surface area contributed by atoms with Gasteiger partial charge < -0.3 is 16.2 Å². The van der Waals surface area contributed by atoms with Crippen LogP contribution in [0, 0.1) is 5.41 Å². The summed E-state index contributed by atoms with van der Waals surface area (Å²) in [4.78, 5) is 10.2. The van der Waals surface area contributed by atoms with Gasteiger partial charge in [-0.2, -0.15) is 8.42 Å². The van der Waals surface area contributed by atoms with Crippen LogP contribution in [-0.2, 0) is 10.1 Å². The average Bonchev–Trinajstić information content (AvgIpc) is 1.94. The summed E-state index contributed by atoms with van der Waals surface area (Å²) >= 11 is 0. The first kappa shape index (κ1) is 12.7. The Morgan fingerprint density at radius 1 is 1.57 bits per heavy atom. The van der Waals surface area contributed by atoms with Crippen LogP contribution in [0.1, 0.15) is 6.42 Å². The molecule has 0 aromatic carbocycles. The molecule has 0 aliphatic carbocycles. The second kappa shape index (κ2) is 4.77. The maximum absolute atomic E-state index is 10.3. The molecule has 0 aliphatic rings. The van der Waals surface area contributed by atoms with E-state index in [1.807, 2.05) is 5.32 Å². The van der Waals surface area contributed by atoms with Gasteiger partial charge in [-0.25, -0.2) is 4.79 Å². The molecule has 0 heterocycles. The first-order valence-corrected chi connectivity index (χ1v) is 5.12. The monoisotopic (exact) mass is 225 g/mol. The van der Waals surface area contributed by atoms with Crippen molar-refractivity contribution < 1.29 is 22.9 Å². The standard InChI is InChI=1S/C5H11N3O5S/c6-4(7)3(8-5(9)10)1-2-14(11,12)13/h3,8H,1-2H2,(H3,6,7)(H,9,10)(H,11,12,13). The predicted molar refractivity (Wildman–Crippen MR) is 47.9 cm³/mol. The molecule has 0 bridgehead atoms. The molecule has 0 aromatic rings. The van der Waals surface area contributed by atoms with Crippen LogP contribution in [0.25, 0.3) is 0 Å². The maximum Gasteiger partial charge on any atom is 0.405 e. The lowest BCUT2D eigenvalue weighted by atomic mass is 10.2. The lowest BCUT2D eigenvalue weighted by molar-refractivity contribution is 0.192. The molecule has 14 heavy (non-hydrogen) atoms. The van der Waals surface area contributed by atoms with E-state index < -0.39 is 33.8 Å². The van der Waals surface area contributed by atoms with Gasteiger partial charge >= 0.3 is 6.09 Å². The third-order valence-corrected chi connectivity index (χ3v) is 2.09. The molecule has 1 atom stereocenters. The van der Waals surface area contributed by atoms with Crippen LogP contribution in [0.15, 0.2) is 0 Å². The Bertz CT molecular complexity index is 324. The summed E-state index contributed by atoms with van der Waals surface area (Å²) in [5.74, 6) is -1.16. The van der Waals surface area contributed by atoms with Gasteiger partial charge in [-0.3, -0.25) is 9.96 Å². The van der Waals surface area contributed by atoms with Crippen molar-refractivity contribution >= 4 is 22.0 Å². The minimum absolute atomic E-state index is 0.277. The number of nitrogens with two attached hydrogens (primary N) is 1. The largest absolute Gasteiger partial charge is 0.465 e. The van der Waals surface area contributed by atoms with Crippen LogP contribution in [0.2, 0.25) is 0 Å². The Morgan fingerprint density at radius 2 is 2.07 bits per heavy atom. The summed E-state index contributed by atoms with van der Waals surface area (Å²) in [5, 5.41) is 17.1. The van der Waals surface area contributed by atoms with Crippen molar-refractivity contribution in [2.75, 3.05) is 5.75 Å². The van der Waals surface area contributed by atoms with Crippen molar-refractivity contribution in [2.45, 2.75) is 12.5 Å². The van der Waals surface area contributed by atoms with Gasteiger partial charge in [-0.05, 0) is 6.42 Å². The Morgan fingerprint density at radius 3 is 2.36 bits per heavy atom. The Balaban J connectivity index is 4.25. The minimum Gasteiger partial charge on any atom is -0.465 e. The SMILES string of the molecule is N=C(N)C(CCS(=O)(=O)O)NC(=O)O. The number of hydrogen-bond acceptors (Lipinski definition) is 4. The van der Waals surface area contributed by atoms with E-state index in [1.165, 1.54) is 0 Å². The van der Waals surface area contributed by atoms with E-state index in [2.05, 4.69) is 0 Å². The third-order valence-electron chi connectivity index (χ3n) is 1.34. The van der Waals surface area contributed by atoms with Crippen molar-refractivity contribution in [3.05, 3.63) is 0 Å². The van der Waals surface area contributed by atoms with Crippen molar-refractivity contribution in [3.63, 3.8) is 0 Å². The van der Waals surface area contributed by atoms with Crippen molar-refractivity contribution in [3.8, 4) is 0 Å². The van der Waals surface area contributed by atoms with Gasteiger partial charge in [0.25, 0.3) is 10.1 Å². The Kier molecular flexibility index (Phi) is 4.31. The van der Waals surface area contributed by atoms with Crippen LogP contribution in [-0.4, -0.2) is 41.8 Å². The fraction of sp³-hybridized carbons (Fsp3) is 0.600. The fourth-order valence-electron chi connectivity index (χ4n) is 0.721. The molecule has 0 rings (SSSR count). The molecule has 0 aromatic heterocycles. The zero-order valence-corrected chi connectivity index (χ0v) is 7.91. The van der Waals surface area contributed by atoms with E-state index in [0.29, 0.717) is 0 Å². The summed E-state index contributed by atoms with van der Waals surface area (Å²) in [6.07, 6.45) is -1.69.